The Bertz CT molecular complexity index is 693. The quantitative estimate of drug-likeness (QED) is 0.563. The van der Waals surface area contributed by atoms with Crippen molar-refractivity contribution in [2.45, 2.75) is 13.3 Å². The lowest BCUT2D eigenvalue weighted by atomic mass is 10.1. The maximum Gasteiger partial charge on any atom is 0.310 e. The van der Waals surface area contributed by atoms with Gasteiger partial charge in [0.2, 0.25) is 5.78 Å². The van der Waals surface area contributed by atoms with Gasteiger partial charge in [0.05, 0.1) is 22.2 Å². The smallest absolute Gasteiger partial charge is 0.310 e. The van der Waals surface area contributed by atoms with Crippen LogP contribution in [0.4, 0.5) is 0 Å². The fourth-order valence-corrected chi connectivity index (χ4v) is 3.24. The van der Waals surface area contributed by atoms with E-state index in [2.05, 4.69) is 15.9 Å². The van der Waals surface area contributed by atoms with E-state index < -0.39 is 5.97 Å². The number of aryl methyl sites for hydroxylation is 1. The third-order valence-corrected chi connectivity index (χ3v) is 4.65. The van der Waals surface area contributed by atoms with Gasteiger partial charge in [0.15, 0.2) is 6.61 Å². The Morgan fingerprint density at radius 3 is 2.64 bits per heavy atom. The van der Waals surface area contributed by atoms with Gasteiger partial charge in [0.25, 0.3) is 0 Å². The van der Waals surface area contributed by atoms with Crippen molar-refractivity contribution in [3.8, 4) is 5.75 Å². The molecule has 0 fully saturated rings. The Kier molecular flexibility index (Phi) is 5.74. The van der Waals surface area contributed by atoms with E-state index in [1.807, 2.05) is 25.1 Å². The third-order valence-electron chi connectivity index (χ3n) is 2.98. The molecule has 0 bridgehead atoms. The number of methoxy groups -OCH3 is 1. The lowest BCUT2D eigenvalue weighted by molar-refractivity contribution is -0.141. The Hall–Kier alpha value is -1.66. The van der Waals surface area contributed by atoms with Crippen LogP contribution in [0, 0.1) is 6.92 Å². The summed E-state index contributed by atoms with van der Waals surface area (Å²) in [4.78, 5) is 24.3. The maximum absolute atomic E-state index is 11.9. The molecule has 2 aromatic rings. The van der Waals surface area contributed by atoms with E-state index in [0.29, 0.717) is 10.6 Å². The predicted octanol–water partition coefficient (Wildman–Crippen LogP) is 3.80. The van der Waals surface area contributed by atoms with Crippen molar-refractivity contribution in [2.75, 3.05) is 13.7 Å². The first-order valence-corrected chi connectivity index (χ1v) is 8.18. The zero-order valence-corrected chi connectivity index (χ0v) is 14.6. The summed E-state index contributed by atoms with van der Waals surface area (Å²) in [5.74, 6) is -0.0239. The van der Waals surface area contributed by atoms with Crippen molar-refractivity contribution in [3.05, 3.63) is 50.1 Å². The Labute approximate surface area is 141 Å². The molecule has 1 aromatic heterocycles. The van der Waals surface area contributed by atoms with Crippen molar-refractivity contribution in [1.29, 1.82) is 0 Å². The summed E-state index contributed by atoms with van der Waals surface area (Å²) in [6, 6.07) is 9.09. The number of hydrogen-bond donors (Lipinski definition) is 0. The predicted molar refractivity (Wildman–Crippen MR) is 88.7 cm³/mol. The molecule has 0 atom stereocenters. The second kappa shape index (κ2) is 7.56. The summed E-state index contributed by atoms with van der Waals surface area (Å²) in [7, 11) is 1.55. The SMILES string of the molecule is COc1ccc(C)cc1CC(=O)OCC(=O)c1ccc(Br)s1. The zero-order chi connectivity index (χ0) is 16.1. The number of hydrogen-bond acceptors (Lipinski definition) is 5. The molecule has 0 aliphatic carbocycles. The van der Waals surface area contributed by atoms with Crippen LogP contribution >= 0.6 is 27.3 Å². The number of ketones is 1. The van der Waals surface area contributed by atoms with Crippen LogP contribution in [0.5, 0.6) is 5.75 Å². The number of carbonyl (C=O) groups is 2. The van der Waals surface area contributed by atoms with Crippen molar-refractivity contribution in [1.82, 2.24) is 0 Å². The Morgan fingerprint density at radius 1 is 1.23 bits per heavy atom. The molecule has 0 N–H and O–H groups in total. The molecule has 22 heavy (non-hydrogen) atoms. The molecular weight excluding hydrogens is 368 g/mol. The summed E-state index contributed by atoms with van der Waals surface area (Å²) in [5, 5.41) is 0. The van der Waals surface area contributed by atoms with Gasteiger partial charge in [-0.2, -0.15) is 0 Å². The Morgan fingerprint density at radius 2 is 2.00 bits per heavy atom. The van der Waals surface area contributed by atoms with Crippen molar-refractivity contribution >= 4 is 39.0 Å². The Balaban J connectivity index is 1.93. The molecule has 2 rings (SSSR count). The van der Waals surface area contributed by atoms with E-state index in [1.165, 1.54) is 11.3 Å². The van der Waals surface area contributed by atoms with Crippen molar-refractivity contribution in [3.63, 3.8) is 0 Å². The minimum absolute atomic E-state index is 0.0757. The average Bonchev–Trinajstić information content (AvgIpc) is 2.92. The van der Waals surface area contributed by atoms with Crippen LogP contribution in [-0.2, 0) is 16.0 Å². The van der Waals surface area contributed by atoms with Crippen LogP contribution in [0.25, 0.3) is 0 Å². The molecule has 1 aromatic carbocycles. The van der Waals surface area contributed by atoms with Crippen LogP contribution in [0.2, 0.25) is 0 Å². The highest BCUT2D eigenvalue weighted by atomic mass is 79.9. The van der Waals surface area contributed by atoms with Crippen LogP contribution in [0.1, 0.15) is 20.8 Å². The highest BCUT2D eigenvalue weighted by molar-refractivity contribution is 9.11. The number of esters is 1. The lowest BCUT2D eigenvalue weighted by Crippen LogP contribution is -2.15. The fraction of sp³-hybridized carbons (Fsp3) is 0.250. The second-order valence-electron chi connectivity index (χ2n) is 4.68. The van der Waals surface area contributed by atoms with E-state index in [4.69, 9.17) is 9.47 Å². The number of carbonyl (C=O) groups excluding carboxylic acids is 2. The molecule has 4 nitrogen and oxygen atoms in total. The maximum atomic E-state index is 11.9. The number of benzene rings is 1. The average molecular weight is 383 g/mol. The normalized spacial score (nSPS) is 10.3. The molecule has 0 radical (unpaired) electrons. The molecule has 0 unspecified atom stereocenters. The molecule has 6 heteroatoms. The van der Waals surface area contributed by atoms with E-state index in [0.717, 1.165) is 14.9 Å². The number of rotatable bonds is 6. The van der Waals surface area contributed by atoms with Gasteiger partial charge in [0, 0.05) is 5.56 Å². The summed E-state index contributed by atoms with van der Waals surface area (Å²) in [5.41, 5.74) is 1.78. The molecule has 0 saturated carbocycles. The summed E-state index contributed by atoms with van der Waals surface area (Å²) in [6.07, 6.45) is 0.0757. The molecule has 116 valence electrons. The molecule has 0 aliphatic rings. The fourth-order valence-electron chi connectivity index (χ4n) is 1.93. The first-order chi connectivity index (χ1) is 10.5. The first kappa shape index (κ1) is 16.7. The second-order valence-corrected chi connectivity index (χ2v) is 7.14. The van der Waals surface area contributed by atoms with Crippen LogP contribution < -0.4 is 4.74 Å². The van der Waals surface area contributed by atoms with E-state index in [-0.39, 0.29) is 18.8 Å². The molecule has 0 amide bonds. The van der Waals surface area contributed by atoms with Crippen molar-refractivity contribution in [2.24, 2.45) is 0 Å². The monoisotopic (exact) mass is 382 g/mol. The van der Waals surface area contributed by atoms with Gasteiger partial charge in [-0.15, -0.1) is 11.3 Å². The van der Waals surface area contributed by atoms with E-state index in [9.17, 15) is 9.59 Å². The first-order valence-electron chi connectivity index (χ1n) is 6.57. The molecule has 1 heterocycles. The lowest BCUT2D eigenvalue weighted by Gasteiger charge is -2.09. The highest BCUT2D eigenvalue weighted by Gasteiger charge is 2.14. The summed E-state index contributed by atoms with van der Waals surface area (Å²) in [6.45, 7) is 1.69. The molecular formula is C16H15BrO4S. The number of halogens is 1. The topological polar surface area (TPSA) is 52.6 Å². The van der Waals surface area contributed by atoms with Crippen LogP contribution in [-0.4, -0.2) is 25.5 Å². The largest absolute Gasteiger partial charge is 0.496 e. The zero-order valence-electron chi connectivity index (χ0n) is 12.2. The van der Waals surface area contributed by atoms with Crippen LogP contribution in [0.15, 0.2) is 34.1 Å². The van der Waals surface area contributed by atoms with Crippen molar-refractivity contribution < 1.29 is 19.1 Å². The van der Waals surface area contributed by atoms with Gasteiger partial charge in [-0.25, -0.2) is 0 Å². The summed E-state index contributed by atoms with van der Waals surface area (Å²) < 4.78 is 11.1. The minimum atomic E-state index is -0.451. The molecule has 0 aliphatic heterocycles. The van der Waals surface area contributed by atoms with Crippen LogP contribution in [0.3, 0.4) is 0 Å². The van der Waals surface area contributed by atoms with Gasteiger partial charge in [-0.3, -0.25) is 9.59 Å². The standard InChI is InChI=1S/C16H15BrO4S/c1-10-3-4-13(20-2)11(7-10)8-16(19)21-9-12(18)14-5-6-15(17)22-14/h3-7H,8-9H2,1-2H3. The number of ether oxygens (including phenoxy) is 2. The summed E-state index contributed by atoms with van der Waals surface area (Å²) >= 11 is 4.61. The molecule has 0 saturated heterocycles. The van der Waals surface area contributed by atoms with E-state index >= 15 is 0 Å². The number of thiophene rings is 1. The highest BCUT2D eigenvalue weighted by Crippen LogP contribution is 2.23. The minimum Gasteiger partial charge on any atom is -0.496 e. The number of Topliss-reactive ketones (excluding diaryl/α,β-unsaturated/α-hetero) is 1. The van der Waals surface area contributed by atoms with Gasteiger partial charge < -0.3 is 9.47 Å². The van der Waals surface area contributed by atoms with Gasteiger partial charge in [-0.1, -0.05) is 17.7 Å². The van der Waals surface area contributed by atoms with Gasteiger partial charge >= 0.3 is 5.97 Å². The van der Waals surface area contributed by atoms with Gasteiger partial charge in [-0.05, 0) is 41.1 Å². The van der Waals surface area contributed by atoms with E-state index in [1.54, 1.807) is 19.2 Å². The third kappa shape index (κ3) is 4.42. The molecule has 0 spiro atoms. The van der Waals surface area contributed by atoms with Gasteiger partial charge in [0.1, 0.15) is 5.75 Å².